The monoisotopic (exact) mass is 274 g/mol. The van der Waals surface area contributed by atoms with Gasteiger partial charge in [-0.1, -0.05) is 6.92 Å². The van der Waals surface area contributed by atoms with Crippen molar-refractivity contribution < 1.29 is 8.42 Å². The highest BCUT2D eigenvalue weighted by molar-refractivity contribution is 7.91. The largest absolute Gasteiger partial charge is 0.317 e. The van der Waals surface area contributed by atoms with Gasteiger partial charge in [-0.15, -0.1) is 0 Å². The summed E-state index contributed by atoms with van der Waals surface area (Å²) in [7, 11) is -0.801. The van der Waals surface area contributed by atoms with Crippen LogP contribution in [0, 0.1) is 5.92 Å². The first kappa shape index (κ1) is 14.3. The lowest BCUT2D eigenvalue weighted by atomic mass is 9.83. The van der Waals surface area contributed by atoms with Gasteiger partial charge in [0.1, 0.15) is 0 Å². The van der Waals surface area contributed by atoms with E-state index in [0.717, 1.165) is 19.4 Å². The molecule has 0 amide bonds. The van der Waals surface area contributed by atoms with E-state index in [-0.39, 0.29) is 5.54 Å². The number of hydrogen-bond acceptors (Lipinski definition) is 4. The fraction of sp³-hybridized carbons (Fsp3) is 1.00. The Bertz CT molecular complexity index is 409. The summed E-state index contributed by atoms with van der Waals surface area (Å²) in [6, 6.07) is 0.993. The zero-order valence-corrected chi connectivity index (χ0v) is 12.8. The Hall–Kier alpha value is -0.130. The van der Waals surface area contributed by atoms with Crippen LogP contribution in [0.1, 0.15) is 33.6 Å². The summed E-state index contributed by atoms with van der Waals surface area (Å²) >= 11 is 0. The molecule has 4 atom stereocenters. The first-order chi connectivity index (χ1) is 8.29. The van der Waals surface area contributed by atoms with Crippen molar-refractivity contribution in [2.75, 3.05) is 25.1 Å². The number of nitrogens with zero attached hydrogens (tertiary/aromatic N) is 1. The van der Waals surface area contributed by atoms with Gasteiger partial charge in [-0.25, -0.2) is 8.42 Å². The highest BCUT2D eigenvalue weighted by Gasteiger charge is 2.47. The number of hydrogen-bond donors (Lipinski definition) is 1. The minimum absolute atomic E-state index is 0.148. The van der Waals surface area contributed by atoms with Crippen molar-refractivity contribution in [1.29, 1.82) is 0 Å². The van der Waals surface area contributed by atoms with Crippen LogP contribution in [0.5, 0.6) is 0 Å². The van der Waals surface area contributed by atoms with Gasteiger partial charge in [0.05, 0.1) is 11.5 Å². The van der Waals surface area contributed by atoms with Gasteiger partial charge >= 0.3 is 0 Å². The second-order valence-corrected chi connectivity index (χ2v) is 8.50. The van der Waals surface area contributed by atoms with Gasteiger partial charge < -0.3 is 5.32 Å². The molecule has 0 aliphatic carbocycles. The van der Waals surface area contributed by atoms with Crippen molar-refractivity contribution in [2.24, 2.45) is 5.92 Å². The smallest absolute Gasteiger partial charge is 0.152 e. The van der Waals surface area contributed by atoms with Crippen molar-refractivity contribution >= 4 is 9.84 Å². The molecule has 4 nitrogen and oxygen atoms in total. The molecule has 2 heterocycles. The third-order valence-corrected chi connectivity index (χ3v) is 7.00. The summed E-state index contributed by atoms with van der Waals surface area (Å²) in [6.07, 6.45) is 1.90. The molecule has 0 spiro atoms. The van der Waals surface area contributed by atoms with Gasteiger partial charge in [-0.3, -0.25) is 4.90 Å². The standard InChI is InChI=1S/C13H26N2O2S/c1-10-11(2)15(7-5-12(10)14-4)13(3)6-8-18(16,17)9-13/h10-12,14H,5-9H2,1-4H3. The van der Waals surface area contributed by atoms with E-state index in [1.807, 2.05) is 7.05 Å². The van der Waals surface area contributed by atoms with Crippen molar-refractivity contribution in [2.45, 2.75) is 51.2 Å². The van der Waals surface area contributed by atoms with Gasteiger partial charge in [-0.2, -0.15) is 0 Å². The van der Waals surface area contributed by atoms with E-state index in [1.54, 1.807) is 0 Å². The lowest BCUT2D eigenvalue weighted by Gasteiger charge is -2.50. The van der Waals surface area contributed by atoms with Crippen molar-refractivity contribution in [1.82, 2.24) is 10.2 Å². The second kappa shape index (κ2) is 4.76. The molecule has 0 radical (unpaired) electrons. The van der Waals surface area contributed by atoms with Crippen LogP contribution in [0.15, 0.2) is 0 Å². The van der Waals surface area contributed by atoms with E-state index in [1.165, 1.54) is 0 Å². The van der Waals surface area contributed by atoms with E-state index in [0.29, 0.717) is 29.5 Å². The molecular weight excluding hydrogens is 248 g/mol. The van der Waals surface area contributed by atoms with Crippen molar-refractivity contribution in [3.05, 3.63) is 0 Å². The topological polar surface area (TPSA) is 49.4 Å². The molecule has 1 N–H and O–H groups in total. The zero-order chi connectivity index (χ0) is 13.6. The van der Waals surface area contributed by atoms with E-state index in [4.69, 9.17) is 0 Å². The number of piperidine rings is 1. The summed E-state index contributed by atoms with van der Waals surface area (Å²) in [6.45, 7) is 7.64. The maximum absolute atomic E-state index is 11.8. The third kappa shape index (κ3) is 2.45. The third-order valence-electron chi connectivity index (χ3n) is 5.11. The van der Waals surface area contributed by atoms with Crippen LogP contribution in [-0.4, -0.2) is 56.0 Å². The SMILES string of the molecule is CNC1CCN(C2(C)CCS(=O)(=O)C2)C(C)C1C. The molecule has 2 aliphatic heterocycles. The Balaban J connectivity index is 2.15. The first-order valence-electron chi connectivity index (χ1n) is 6.93. The maximum atomic E-state index is 11.8. The Morgan fingerprint density at radius 3 is 2.50 bits per heavy atom. The van der Waals surface area contributed by atoms with Crippen molar-refractivity contribution in [3.63, 3.8) is 0 Å². The molecular formula is C13H26N2O2S. The highest BCUT2D eigenvalue weighted by atomic mass is 32.2. The maximum Gasteiger partial charge on any atom is 0.152 e. The predicted octanol–water partition coefficient (Wildman–Crippen LogP) is 0.882. The summed E-state index contributed by atoms with van der Waals surface area (Å²) in [5, 5.41) is 3.38. The van der Waals surface area contributed by atoms with Crippen LogP contribution in [-0.2, 0) is 9.84 Å². The lowest BCUT2D eigenvalue weighted by molar-refractivity contribution is 0.00969. The minimum Gasteiger partial charge on any atom is -0.317 e. The minimum atomic E-state index is -2.82. The molecule has 0 aromatic heterocycles. The molecule has 0 aromatic rings. The fourth-order valence-electron chi connectivity index (χ4n) is 3.75. The molecule has 0 bridgehead atoms. The van der Waals surface area contributed by atoms with Gasteiger partial charge in [0.2, 0.25) is 0 Å². The molecule has 0 saturated carbocycles. The Morgan fingerprint density at radius 2 is 2.00 bits per heavy atom. The average Bonchev–Trinajstić information content (AvgIpc) is 2.57. The van der Waals surface area contributed by atoms with Gasteiger partial charge in [0.15, 0.2) is 9.84 Å². The van der Waals surface area contributed by atoms with E-state index < -0.39 is 9.84 Å². The second-order valence-electron chi connectivity index (χ2n) is 6.32. The highest BCUT2D eigenvalue weighted by Crippen LogP contribution is 2.36. The van der Waals surface area contributed by atoms with Gasteiger partial charge in [0.25, 0.3) is 0 Å². The molecule has 106 valence electrons. The normalized spacial score (nSPS) is 45.2. The van der Waals surface area contributed by atoms with Crippen LogP contribution in [0.25, 0.3) is 0 Å². The molecule has 18 heavy (non-hydrogen) atoms. The summed E-state index contributed by atoms with van der Waals surface area (Å²) in [5.41, 5.74) is -0.148. The molecule has 0 aromatic carbocycles. The number of likely N-dealkylation sites (tertiary alicyclic amines) is 1. The summed E-state index contributed by atoms with van der Waals surface area (Å²) in [4.78, 5) is 2.44. The Morgan fingerprint density at radius 1 is 1.33 bits per heavy atom. The summed E-state index contributed by atoms with van der Waals surface area (Å²) in [5.74, 6) is 1.25. The van der Waals surface area contributed by atoms with Crippen LogP contribution in [0.3, 0.4) is 0 Å². The average molecular weight is 274 g/mol. The fourth-order valence-corrected chi connectivity index (χ4v) is 5.91. The first-order valence-corrected chi connectivity index (χ1v) is 8.76. The van der Waals surface area contributed by atoms with Crippen molar-refractivity contribution in [3.8, 4) is 0 Å². The number of rotatable bonds is 2. The molecule has 2 aliphatic rings. The molecule has 2 fully saturated rings. The van der Waals surface area contributed by atoms with Crippen LogP contribution >= 0.6 is 0 Å². The van der Waals surface area contributed by atoms with Gasteiger partial charge in [0, 0.05) is 24.2 Å². The van der Waals surface area contributed by atoms with Gasteiger partial charge in [-0.05, 0) is 39.7 Å². The number of sulfone groups is 1. The molecule has 5 heteroatoms. The molecule has 2 saturated heterocycles. The lowest BCUT2D eigenvalue weighted by Crippen LogP contribution is -2.60. The van der Waals surface area contributed by atoms with E-state index in [2.05, 4.69) is 31.0 Å². The number of nitrogens with one attached hydrogen (secondary N) is 1. The van der Waals surface area contributed by atoms with E-state index >= 15 is 0 Å². The molecule has 2 rings (SSSR count). The molecule has 4 unspecified atom stereocenters. The quantitative estimate of drug-likeness (QED) is 0.812. The summed E-state index contributed by atoms with van der Waals surface area (Å²) < 4.78 is 23.5. The predicted molar refractivity (Wildman–Crippen MR) is 74.5 cm³/mol. The van der Waals surface area contributed by atoms with Crippen LogP contribution in [0.2, 0.25) is 0 Å². The Kier molecular flexibility index (Phi) is 3.78. The van der Waals surface area contributed by atoms with Crippen LogP contribution < -0.4 is 5.32 Å². The zero-order valence-electron chi connectivity index (χ0n) is 11.9. The van der Waals surface area contributed by atoms with E-state index in [9.17, 15) is 8.42 Å². The van der Waals surface area contributed by atoms with Crippen LogP contribution in [0.4, 0.5) is 0 Å². The Labute approximate surface area is 111 Å².